The van der Waals surface area contributed by atoms with E-state index < -0.39 is 0 Å². The summed E-state index contributed by atoms with van der Waals surface area (Å²) in [5, 5.41) is 25.9. The fraction of sp³-hybridized carbons (Fsp3) is 0.222. The Labute approximate surface area is 166 Å². The lowest BCUT2D eigenvalue weighted by Crippen LogP contribution is -2.20. The maximum absolute atomic E-state index is 9.05. The van der Waals surface area contributed by atoms with E-state index in [0.29, 0.717) is 29.3 Å². The number of nitriles is 1. The van der Waals surface area contributed by atoms with Crippen LogP contribution in [0.4, 0.5) is 5.69 Å². The molecule has 11 nitrogen and oxygen atoms in total. The van der Waals surface area contributed by atoms with Crippen LogP contribution < -0.4 is 16.6 Å². The van der Waals surface area contributed by atoms with E-state index in [1.54, 1.807) is 34.0 Å². The van der Waals surface area contributed by atoms with Crippen molar-refractivity contribution in [3.8, 4) is 17.6 Å². The topological polar surface area (TPSA) is 148 Å². The van der Waals surface area contributed by atoms with Crippen LogP contribution in [0, 0.1) is 11.3 Å². The third-order valence-electron chi connectivity index (χ3n) is 4.14. The predicted octanol–water partition coefficient (Wildman–Crippen LogP) is 1.05. The van der Waals surface area contributed by atoms with Crippen molar-refractivity contribution in [2.24, 2.45) is 5.84 Å². The van der Waals surface area contributed by atoms with Crippen molar-refractivity contribution < 1.29 is 0 Å². The highest BCUT2D eigenvalue weighted by Crippen LogP contribution is 2.24. The lowest BCUT2D eigenvalue weighted by atomic mass is 10.2. The van der Waals surface area contributed by atoms with Crippen LogP contribution in [0.15, 0.2) is 36.9 Å². The van der Waals surface area contributed by atoms with Crippen LogP contribution in [-0.4, -0.2) is 40.8 Å². The number of hydrazine groups is 1. The van der Waals surface area contributed by atoms with E-state index in [1.165, 1.54) is 6.20 Å². The third kappa shape index (κ3) is 3.62. The normalized spacial score (nSPS) is 11.1. The first-order valence-electron chi connectivity index (χ1n) is 8.95. The summed E-state index contributed by atoms with van der Waals surface area (Å²) in [6.07, 6.45) is 6.67. The number of rotatable bonds is 6. The monoisotopic (exact) mass is 389 g/mol. The van der Waals surface area contributed by atoms with Gasteiger partial charge in [0.15, 0.2) is 11.5 Å². The summed E-state index contributed by atoms with van der Waals surface area (Å²) < 4.78 is 3.28. The van der Waals surface area contributed by atoms with Gasteiger partial charge in [0.05, 0.1) is 42.1 Å². The van der Waals surface area contributed by atoms with Crippen molar-refractivity contribution in [2.75, 3.05) is 5.32 Å². The van der Waals surface area contributed by atoms with Gasteiger partial charge in [-0.15, -0.1) is 5.10 Å². The zero-order valence-corrected chi connectivity index (χ0v) is 15.9. The van der Waals surface area contributed by atoms with Gasteiger partial charge in [-0.1, -0.05) is 5.21 Å². The van der Waals surface area contributed by atoms with Gasteiger partial charge in [-0.2, -0.15) is 15.0 Å². The lowest BCUT2D eigenvalue weighted by molar-refractivity contribution is 0.716. The third-order valence-corrected chi connectivity index (χ3v) is 4.14. The van der Waals surface area contributed by atoms with Crippen LogP contribution >= 0.6 is 0 Å². The van der Waals surface area contributed by atoms with E-state index in [-0.39, 0.29) is 6.04 Å². The van der Waals surface area contributed by atoms with E-state index >= 15 is 0 Å². The molecule has 0 radical (unpaired) electrons. The summed E-state index contributed by atoms with van der Waals surface area (Å²) >= 11 is 0. The first-order chi connectivity index (χ1) is 14.1. The van der Waals surface area contributed by atoms with Crippen LogP contribution in [-0.2, 0) is 6.54 Å². The van der Waals surface area contributed by atoms with Gasteiger partial charge in [0.25, 0.3) is 0 Å². The fourth-order valence-corrected chi connectivity index (χ4v) is 2.91. The number of aromatic nitrogens is 7. The highest BCUT2D eigenvalue weighted by atomic mass is 15.4. The van der Waals surface area contributed by atoms with Gasteiger partial charge in [0, 0.05) is 23.7 Å². The molecule has 0 aliphatic heterocycles. The first-order valence-corrected chi connectivity index (χ1v) is 8.95. The number of hydrogen-bond acceptors (Lipinski definition) is 9. The van der Waals surface area contributed by atoms with E-state index in [2.05, 4.69) is 42.2 Å². The van der Waals surface area contributed by atoms with Crippen molar-refractivity contribution in [3.05, 3.63) is 48.2 Å². The molecule has 0 aliphatic carbocycles. The molecule has 0 spiro atoms. The minimum absolute atomic E-state index is 0.184. The Balaban J connectivity index is 1.79. The Kier molecular flexibility index (Phi) is 4.86. The highest BCUT2D eigenvalue weighted by Gasteiger charge is 2.14. The quantitative estimate of drug-likeness (QED) is 0.325. The second-order valence-corrected chi connectivity index (χ2v) is 6.70. The average molecular weight is 389 g/mol. The fourth-order valence-electron chi connectivity index (χ4n) is 2.91. The summed E-state index contributed by atoms with van der Waals surface area (Å²) in [5.74, 6) is 5.95. The molecule has 0 unspecified atom stereocenters. The number of anilines is 1. The largest absolute Gasteiger partial charge is 0.381 e. The van der Waals surface area contributed by atoms with Gasteiger partial charge < -0.3 is 5.32 Å². The van der Waals surface area contributed by atoms with Crippen molar-refractivity contribution in [1.29, 1.82) is 5.26 Å². The molecule has 146 valence electrons. The molecule has 0 aromatic carbocycles. The molecule has 0 saturated heterocycles. The second-order valence-electron chi connectivity index (χ2n) is 6.70. The number of hydrogen-bond donors (Lipinski definition) is 3. The zero-order chi connectivity index (χ0) is 20.4. The summed E-state index contributed by atoms with van der Waals surface area (Å²) in [6, 6.07) is 5.89. The number of nitrogens with one attached hydrogen (secondary N) is 2. The molecule has 0 aliphatic rings. The molecule has 0 amide bonds. The molecule has 4 rings (SSSR count). The molecule has 0 fully saturated rings. The molecular weight excluding hydrogens is 370 g/mol. The van der Waals surface area contributed by atoms with E-state index in [9.17, 15) is 0 Å². The van der Waals surface area contributed by atoms with Gasteiger partial charge in [-0.05, 0) is 19.9 Å². The van der Waals surface area contributed by atoms with Crippen molar-refractivity contribution >= 4 is 16.7 Å². The first kappa shape index (κ1) is 18.5. The van der Waals surface area contributed by atoms with E-state index in [1.807, 2.05) is 19.9 Å². The van der Waals surface area contributed by atoms with Crippen molar-refractivity contribution in [2.45, 2.75) is 26.4 Å². The van der Waals surface area contributed by atoms with Crippen molar-refractivity contribution in [3.63, 3.8) is 0 Å². The summed E-state index contributed by atoms with van der Waals surface area (Å²) in [5.41, 5.74) is 5.94. The smallest absolute Gasteiger partial charge is 0.164 e. The number of nitrogens with zero attached hydrogens (tertiary/aromatic N) is 8. The summed E-state index contributed by atoms with van der Waals surface area (Å²) in [4.78, 5) is 8.89. The van der Waals surface area contributed by atoms with Gasteiger partial charge in [0.2, 0.25) is 0 Å². The van der Waals surface area contributed by atoms with Crippen LogP contribution in [0.25, 0.3) is 22.5 Å². The van der Waals surface area contributed by atoms with Gasteiger partial charge in [-0.25, -0.2) is 14.6 Å². The molecule has 4 heterocycles. The molecule has 4 N–H and O–H groups in total. The Morgan fingerprint density at radius 1 is 1.21 bits per heavy atom. The highest BCUT2D eigenvalue weighted by molar-refractivity contribution is 5.77. The maximum atomic E-state index is 9.05. The molecule has 0 bridgehead atoms. The molecule has 29 heavy (non-hydrogen) atoms. The Hall–Kier alpha value is -3.88. The lowest BCUT2D eigenvalue weighted by Gasteiger charge is -2.15. The zero-order valence-electron chi connectivity index (χ0n) is 15.9. The van der Waals surface area contributed by atoms with Crippen LogP contribution in [0.1, 0.15) is 25.1 Å². The molecular formula is C18H19N11. The minimum atomic E-state index is 0.184. The Morgan fingerprint density at radius 2 is 2.07 bits per heavy atom. The standard InChI is InChI=1S/C18H19N11/c1-11(2)25-15-4-17(21-9-16(15)28-10-14(8-23-20)26-27-28)29-18-13(7-24-29)3-12(5-19)6-22-18/h3-4,6-7,9-11,23H,8,20H2,1-2H3,(H,21,25). The Morgan fingerprint density at radius 3 is 2.83 bits per heavy atom. The molecule has 0 atom stereocenters. The Bertz CT molecular complexity index is 1200. The maximum Gasteiger partial charge on any atom is 0.164 e. The predicted molar refractivity (Wildman–Crippen MR) is 106 cm³/mol. The molecule has 4 aromatic heterocycles. The molecule has 0 saturated carbocycles. The van der Waals surface area contributed by atoms with Crippen molar-refractivity contribution in [1.82, 2.24) is 40.2 Å². The SMILES string of the molecule is CC(C)Nc1cc(-n2ncc3cc(C#N)cnc32)ncc1-n1cc(CNN)nn1. The average Bonchev–Trinajstić information content (AvgIpc) is 3.34. The second kappa shape index (κ2) is 7.63. The van der Waals surface area contributed by atoms with Crippen LogP contribution in [0.2, 0.25) is 0 Å². The van der Waals surface area contributed by atoms with Gasteiger partial charge >= 0.3 is 0 Å². The van der Waals surface area contributed by atoms with Gasteiger partial charge in [-0.3, -0.25) is 11.3 Å². The van der Waals surface area contributed by atoms with E-state index in [0.717, 1.165) is 16.8 Å². The van der Waals surface area contributed by atoms with Gasteiger partial charge in [0.1, 0.15) is 11.8 Å². The van der Waals surface area contributed by atoms with Crippen LogP contribution in [0.3, 0.4) is 0 Å². The van der Waals surface area contributed by atoms with Crippen LogP contribution in [0.5, 0.6) is 0 Å². The minimum Gasteiger partial charge on any atom is -0.381 e. The summed E-state index contributed by atoms with van der Waals surface area (Å²) in [6.45, 7) is 4.50. The molecule has 11 heteroatoms. The van der Waals surface area contributed by atoms with E-state index in [4.69, 9.17) is 11.1 Å². The molecule has 4 aromatic rings. The number of pyridine rings is 2. The number of nitrogens with two attached hydrogens (primary N) is 1. The summed E-state index contributed by atoms with van der Waals surface area (Å²) in [7, 11) is 0. The number of fused-ring (bicyclic) bond motifs is 1.